The molecule has 1 unspecified atom stereocenters. The maximum atomic E-state index is 12.8. The van der Waals surface area contributed by atoms with E-state index in [-0.39, 0.29) is 6.04 Å². The average molecular weight is 343 g/mol. The number of nitrogens with zero attached hydrogens (tertiary/aromatic N) is 1. The summed E-state index contributed by atoms with van der Waals surface area (Å²) < 4.78 is 32.9. The third-order valence-corrected chi connectivity index (χ3v) is 5.95. The van der Waals surface area contributed by atoms with Crippen LogP contribution in [0.25, 0.3) is 0 Å². The van der Waals surface area contributed by atoms with Crippen molar-refractivity contribution < 1.29 is 13.2 Å². The van der Waals surface area contributed by atoms with Gasteiger partial charge in [-0.1, -0.05) is 60.2 Å². The van der Waals surface area contributed by atoms with Crippen LogP contribution in [0.4, 0.5) is 0 Å². The monoisotopic (exact) mass is 343 g/mol. The Kier molecular flexibility index (Phi) is 5.14. The van der Waals surface area contributed by atoms with Crippen LogP contribution in [0.2, 0.25) is 0 Å². The number of benzene rings is 2. The quantitative estimate of drug-likeness (QED) is 0.757. The molecule has 1 heterocycles. The Balaban J connectivity index is 1.66. The van der Waals surface area contributed by atoms with Crippen molar-refractivity contribution in [2.24, 2.45) is 0 Å². The Labute approximate surface area is 143 Å². The van der Waals surface area contributed by atoms with Crippen LogP contribution < -0.4 is 0 Å². The summed E-state index contributed by atoms with van der Waals surface area (Å²) in [5.74, 6) is 0. The minimum absolute atomic E-state index is 0.264. The number of hydrogen-bond donors (Lipinski definition) is 0. The van der Waals surface area contributed by atoms with Crippen LogP contribution >= 0.6 is 0 Å². The summed E-state index contributed by atoms with van der Waals surface area (Å²) in [5.41, 5.74) is 2.11. The second-order valence-corrected chi connectivity index (χ2v) is 7.77. The summed E-state index contributed by atoms with van der Waals surface area (Å²) in [4.78, 5) is 0.324. The van der Waals surface area contributed by atoms with Crippen LogP contribution in [0, 0.1) is 6.92 Å². The lowest BCUT2D eigenvalue weighted by Crippen LogP contribution is -2.38. The molecule has 0 bridgehead atoms. The molecule has 126 valence electrons. The van der Waals surface area contributed by atoms with Crippen LogP contribution in [0.5, 0.6) is 0 Å². The molecular weight excluding hydrogens is 322 g/mol. The summed E-state index contributed by atoms with van der Waals surface area (Å²) in [6.45, 7) is 3.14. The smallest absolute Gasteiger partial charge is 0.243 e. The minimum Gasteiger partial charge on any atom is -0.375 e. The molecule has 1 aliphatic rings. The molecule has 1 aliphatic heterocycles. The van der Waals surface area contributed by atoms with Gasteiger partial charge in [-0.3, -0.25) is 0 Å². The van der Waals surface area contributed by atoms with Gasteiger partial charge in [0.05, 0.1) is 24.2 Å². The van der Waals surface area contributed by atoms with Gasteiger partial charge in [0.2, 0.25) is 10.0 Å². The van der Waals surface area contributed by atoms with Crippen molar-refractivity contribution in [2.45, 2.75) is 24.5 Å². The first-order chi connectivity index (χ1) is 11.6. The highest BCUT2D eigenvalue weighted by molar-refractivity contribution is 7.89. The number of ether oxygens (including phenoxy) is 1. The predicted octanol–water partition coefficient (Wildman–Crippen LogP) is 3.14. The molecular formula is C19H21NO3S. The van der Waals surface area contributed by atoms with Gasteiger partial charge in [-0.2, -0.15) is 4.31 Å². The van der Waals surface area contributed by atoms with E-state index in [9.17, 15) is 8.42 Å². The summed E-state index contributed by atoms with van der Waals surface area (Å²) >= 11 is 0. The topological polar surface area (TPSA) is 46.6 Å². The number of aryl methyl sites for hydroxylation is 1. The Hall–Kier alpha value is -1.95. The predicted molar refractivity (Wildman–Crippen MR) is 94.1 cm³/mol. The van der Waals surface area contributed by atoms with Gasteiger partial charge in [-0.25, -0.2) is 8.42 Å². The van der Waals surface area contributed by atoms with Crippen LogP contribution in [-0.2, 0) is 21.4 Å². The summed E-state index contributed by atoms with van der Waals surface area (Å²) in [6.07, 6.45) is 3.78. The molecule has 2 aromatic rings. The second-order valence-electron chi connectivity index (χ2n) is 5.88. The highest BCUT2D eigenvalue weighted by Crippen LogP contribution is 2.23. The van der Waals surface area contributed by atoms with Crippen molar-refractivity contribution in [2.75, 3.05) is 13.2 Å². The Bertz CT molecular complexity index is 798. The fourth-order valence-corrected chi connectivity index (χ4v) is 4.21. The highest BCUT2D eigenvalue weighted by Gasteiger charge is 2.32. The van der Waals surface area contributed by atoms with Crippen molar-refractivity contribution >= 4 is 10.0 Å². The SMILES string of the molecule is Cc1ccc(S(=O)(=O)N2CC=CC2COCc2ccccc2)cc1. The number of sulfonamides is 1. The maximum Gasteiger partial charge on any atom is 0.243 e. The fraction of sp³-hybridized carbons (Fsp3) is 0.263. The maximum absolute atomic E-state index is 12.8. The molecule has 0 saturated heterocycles. The van der Waals surface area contributed by atoms with E-state index in [4.69, 9.17) is 4.74 Å². The molecule has 4 nitrogen and oxygen atoms in total. The van der Waals surface area contributed by atoms with Crippen molar-refractivity contribution in [1.29, 1.82) is 0 Å². The number of hydrogen-bond acceptors (Lipinski definition) is 3. The number of rotatable bonds is 6. The van der Waals surface area contributed by atoms with Crippen molar-refractivity contribution in [3.8, 4) is 0 Å². The molecule has 3 rings (SSSR count). The van der Waals surface area contributed by atoms with Crippen molar-refractivity contribution in [3.63, 3.8) is 0 Å². The van der Waals surface area contributed by atoms with Gasteiger partial charge in [-0.05, 0) is 24.6 Å². The molecule has 0 radical (unpaired) electrons. The van der Waals surface area contributed by atoms with E-state index in [2.05, 4.69) is 0 Å². The first-order valence-corrected chi connectivity index (χ1v) is 9.38. The zero-order chi connectivity index (χ0) is 17.0. The largest absolute Gasteiger partial charge is 0.375 e. The Morgan fingerprint density at radius 2 is 1.79 bits per heavy atom. The van der Waals surface area contributed by atoms with Gasteiger partial charge in [0.25, 0.3) is 0 Å². The normalized spacial score (nSPS) is 18.1. The van der Waals surface area contributed by atoms with Gasteiger partial charge < -0.3 is 4.74 Å². The molecule has 2 aromatic carbocycles. The molecule has 0 aliphatic carbocycles. The lowest BCUT2D eigenvalue weighted by Gasteiger charge is -2.24. The van der Waals surface area contributed by atoms with Crippen molar-refractivity contribution in [1.82, 2.24) is 4.31 Å². The van der Waals surface area contributed by atoms with E-state index in [0.29, 0.717) is 24.7 Å². The summed E-state index contributed by atoms with van der Waals surface area (Å²) in [5, 5.41) is 0. The lowest BCUT2D eigenvalue weighted by molar-refractivity contribution is 0.0960. The molecule has 0 aromatic heterocycles. The molecule has 0 saturated carbocycles. The lowest BCUT2D eigenvalue weighted by atomic mass is 10.2. The minimum atomic E-state index is -3.51. The van der Waals surface area contributed by atoms with E-state index in [1.165, 1.54) is 4.31 Å². The average Bonchev–Trinajstić information content (AvgIpc) is 3.06. The van der Waals surface area contributed by atoms with Crippen LogP contribution in [0.15, 0.2) is 71.6 Å². The summed E-state index contributed by atoms with van der Waals surface area (Å²) in [6, 6.07) is 16.5. The van der Waals surface area contributed by atoms with Crippen molar-refractivity contribution in [3.05, 3.63) is 77.9 Å². The van der Waals surface area contributed by atoms with Gasteiger partial charge in [0.15, 0.2) is 0 Å². The highest BCUT2D eigenvalue weighted by atomic mass is 32.2. The van der Waals surface area contributed by atoms with E-state index in [0.717, 1.165) is 11.1 Å². The van der Waals surface area contributed by atoms with E-state index in [1.54, 1.807) is 12.1 Å². The van der Waals surface area contributed by atoms with Crippen LogP contribution in [-0.4, -0.2) is 31.9 Å². The third-order valence-electron chi connectivity index (χ3n) is 4.04. The molecule has 1 atom stereocenters. The Morgan fingerprint density at radius 3 is 2.50 bits per heavy atom. The first-order valence-electron chi connectivity index (χ1n) is 7.94. The van der Waals surface area contributed by atoms with Gasteiger partial charge in [0.1, 0.15) is 0 Å². The van der Waals surface area contributed by atoms with E-state index in [1.807, 2.05) is 61.5 Å². The van der Waals surface area contributed by atoms with Gasteiger partial charge in [0, 0.05) is 6.54 Å². The zero-order valence-electron chi connectivity index (χ0n) is 13.6. The molecule has 0 spiro atoms. The second kappa shape index (κ2) is 7.30. The van der Waals surface area contributed by atoms with E-state index >= 15 is 0 Å². The molecule has 0 N–H and O–H groups in total. The van der Waals surface area contributed by atoms with E-state index < -0.39 is 10.0 Å². The third kappa shape index (κ3) is 3.75. The van der Waals surface area contributed by atoms with Gasteiger partial charge >= 0.3 is 0 Å². The van der Waals surface area contributed by atoms with Crippen LogP contribution in [0.1, 0.15) is 11.1 Å². The van der Waals surface area contributed by atoms with Crippen LogP contribution in [0.3, 0.4) is 0 Å². The first kappa shape index (κ1) is 16.9. The fourth-order valence-electron chi connectivity index (χ4n) is 2.69. The standard InChI is InChI=1S/C19H21NO3S/c1-16-9-11-19(12-10-16)24(21,22)20-13-5-8-18(20)15-23-14-17-6-3-2-4-7-17/h2-12,18H,13-15H2,1H3. The molecule has 5 heteroatoms. The Morgan fingerprint density at radius 1 is 1.08 bits per heavy atom. The summed E-state index contributed by atoms with van der Waals surface area (Å²) in [7, 11) is -3.51. The molecule has 0 fully saturated rings. The molecule has 0 amide bonds. The van der Waals surface area contributed by atoms with Gasteiger partial charge in [-0.15, -0.1) is 0 Å². The zero-order valence-corrected chi connectivity index (χ0v) is 14.4. The molecule has 24 heavy (non-hydrogen) atoms.